The number of carbonyl (C=O) groups excluding carboxylic acids is 2. The van der Waals surface area contributed by atoms with Gasteiger partial charge in [0.2, 0.25) is 0 Å². The molecule has 234 valence electrons. The van der Waals surface area contributed by atoms with Gasteiger partial charge in [0.25, 0.3) is 0 Å². The quantitative estimate of drug-likeness (QED) is 0.294. The van der Waals surface area contributed by atoms with Crippen LogP contribution in [0.1, 0.15) is 60.2 Å². The minimum absolute atomic E-state index is 0.174. The van der Waals surface area contributed by atoms with Gasteiger partial charge in [-0.3, -0.25) is 4.90 Å². The van der Waals surface area contributed by atoms with Gasteiger partial charge in [-0.1, -0.05) is 0 Å². The number of rotatable bonds is 5. The van der Waals surface area contributed by atoms with Gasteiger partial charge in [-0.05, 0) is 63.8 Å². The summed E-state index contributed by atoms with van der Waals surface area (Å²) in [6.45, 7) is 7.13. The highest BCUT2D eigenvalue weighted by Gasteiger charge is 2.42. The molecule has 0 aromatic heterocycles. The van der Waals surface area contributed by atoms with Crippen molar-refractivity contribution in [2.45, 2.75) is 57.7 Å². The molecule has 3 aliphatic rings. The Morgan fingerprint density at radius 3 is 1.67 bits per heavy atom. The summed E-state index contributed by atoms with van der Waals surface area (Å²) in [6.07, 6.45) is 3.69. The van der Waals surface area contributed by atoms with Crippen LogP contribution >= 0.6 is 0 Å². The molecule has 3 heterocycles. The summed E-state index contributed by atoms with van der Waals surface area (Å²) >= 11 is 0. The fourth-order valence-electron chi connectivity index (χ4n) is 6.07. The molecular weight excluding hydrogens is 554 g/mol. The number of nitrogens with zero attached hydrogens (tertiary/aromatic N) is 1. The van der Waals surface area contributed by atoms with Crippen molar-refractivity contribution in [2.75, 3.05) is 74.8 Å². The molecule has 6 N–H and O–H groups in total. The largest absolute Gasteiger partial charge is 0.490 e. The molecule has 2 atom stereocenters. The Labute approximate surface area is 252 Å². The van der Waals surface area contributed by atoms with Crippen molar-refractivity contribution in [2.24, 2.45) is 0 Å². The van der Waals surface area contributed by atoms with E-state index < -0.39 is 11.9 Å². The Morgan fingerprint density at radius 1 is 0.767 bits per heavy atom. The van der Waals surface area contributed by atoms with Crippen molar-refractivity contribution in [3.8, 4) is 11.5 Å². The third-order valence-corrected chi connectivity index (χ3v) is 8.08. The van der Waals surface area contributed by atoms with E-state index in [1.807, 2.05) is 0 Å². The maximum absolute atomic E-state index is 12.6. The summed E-state index contributed by atoms with van der Waals surface area (Å²) < 4.78 is 29.3. The smallest absolute Gasteiger partial charge is 0.338 e. The molecule has 0 spiro atoms. The van der Waals surface area contributed by atoms with Crippen LogP contribution in [0.25, 0.3) is 0 Å². The normalized spacial score (nSPS) is 21.3. The van der Waals surface area contributed by atoms with Crippen LogP contribution in [0.2, 0.25) is 0 Å². The van der Waals surface area contributed by atoms with Gasteiger partial charge in [-0.2, -0.15) is 0 Å². The predicted octanol–water partition coefficient (Wildman–Crippen LogP) is 3.51. The van der Waals surface area contributed by atoms with Crippen LogP contribution in [0.4, 0.5) is 22.7 Å². The first-order valence-electron chi connectivity index (χ1n) is 15.2. The molecule has 2 aromatic carbocycles. The number of hydrogen-bond acceptors (Lipinski definition) is 12. The van der Waals surface area contributed by atoms with Crippen LogP contribution in [0.15, 0.2) is 24.3 Å². The van der Waals surface area contributed by atoms with E-state index in [2.05, 4.69) is 15.5 Å². The van der Waals surface area contributed by atoms with Gasteiger partial charge in [-0.25, -0.2) is 9.59 Å². The molecule has 0 amide bonds. The number of morpholine rings is 1. The van der Waals surface area contributed by atoms with Crippen molar-refractivity contribution in [1.29, 1.82) is 0 Å². The Hall–Kier alpha value is -3.90. The fourth-order valence-corrected chi connectivity index (χ4v) is 6.07. The molecule has 0 aliphatic carbocycles. The van der Waals surface area contributed by atoms with Gasteiger partial charge in [0, 0.05) is 25.2 Å². The van der Waals surface area contributed by atoms with E-state index in [4.69, 9.17) is 35.2 Å². The Morgan fingerprint density at radius 2 is 1.23 bits per heavy atom. The number of nitrogen functional groups attached to an aromatic ring is 2. The zero-order valence-corrected chi connectivity index (χ0v) is 25.0. The van der Waals surface area contributed by atoms with Crippen LogP contribution in [0, 0.1) is 0 Å². The number of nitrogens with one attached hydrogen (secondary N) is 2. The first-order valence-corrected chi connectivity index (χ1v) is 15.2. The van der Waals surface area contributed by atoms with Gasteiger partial charge >= 0.3 is 11.9 Å². The minimum Gasteiger partial charge on any atom is -0.490 e. The Balaban J connectivity index is 1.49. The minimum atomic E-state index is -0.458. The highest BCUT2D eigenvalue weighted by atomic mass is 16.5. The first kappa shape index (κ1) is 30.6. The number of anilines is 4. The monoisotopic (exact) mass is 597 g/mol. The molecule has 2 aromatic rings. The van der Waals surface area contributed by atoms with Gasteiger partial charge in [0.15, 0.2) is 0 Å². The van der Waals surface area contributed by atoms with E-state index in [1.165, 1.54) is 0 Å². The number of carbonyl (C=O) groups is 2. The molecular formula is C31H43N5O7. The number of hydrogen-bond donors (Lipinski definition) is 4. The highest BCUT2D eigenvalue weighted by Crippen LogP contribution is 2.37. The molecule has 2 unspecified atom stereocenters. The lowest BCUT2D eigenvalue weighted by molar-refractivity contribution is -0.0535. The van der Waals surface area contributed by atoms with E-state index >= 15 is 0 Å². The van der Waals surface area contributed by atoms with Crippen LogP contribution < -0.4 is 31.6 Å². The van der Waals surface area contributed by atoms with E-state index in [9.17, 15) is 9.59 Å². The number of benzene rings is 2. The lowest BCUT2D eigenvalue weighted by atomic mass is 10.1. The number of nitrogens with two attached hydrogens (primary N) is 2. The number of fused-ring (bicyclic) bond motifs is 4. The average Bonchev–Trinajstić information content (AvgIpc) is 3.22. The van der Waals surface area contributed by atoms with Gasteiger partial charge < -0.3 is 45.8 Å². The van der Waals surface area contributed by atoms with Crippen molar-refractivity contribution in [1.82, 2.24) is 4.90 Å². The van der Waals surface area contributed by atoms with Gasteiger partial charge in [0.05, 0.1) is 55.0 Å². The molecule has 12 heteroatoms. The zero-order valence-electron chi connectivity index (χ0n) is 25.0. The lowest BCUT2D eigenvalue weighted by Gasteiger charge is -2.40. The first-order chi connectivity index (χ1) is 20.9. The van der Waals surface area contributed by atoms with Crippen LogP contribution in [-0.4, -0.2) is 87.7 Å². The molecule has 3 aliphatic heterocycles. The Kier molecular flexibility index (Phi) is 9.98. The number of ether oxygens (including phenoxy) is 5. The van der Waals surface area contributed by atoms with E-state index in [1.54, 1.807) is 38.1 Å². The summed E-state index contributed by atoms with van der Waals surface area (Å²) in [5, 5.41) is 6.83. The zero-order chi connectivity index (χ0) is 30.3. The van der Waals surface area contributed by atoms with Gasteiger partial charge in [-0.15, -0.1) is 0 Å². The second-order valence-corrected chi connectivity index (χ2v) is 11.0. The molecule has 0 saturated carbocycles. The third-order valence-electron chi connectivity index (χ3n) is 8.08. The highest BCUT2D eigenvalue weighted by molar-refractivity contribution is 5.94. The molecule has 2 fully saturated rings. The maximum atomic E-state index is 12.6. The summed E-state index contributed by atoms with van der Waals surface area (Å²) in [7, 11) is 0. The second kappa shape index (κ2) is 14.0. The van der Waals surface area contributed by atoms with E-state index in [0.717, 1.165) is 25.7 Å². The number of esters is 2. The average molecular weight is 598 g/mol. The molecule has 2 bridgehead atoms. The molecule has 43 heavy (non-hydrogen) atoms. The van der Waals surface area contributed by atoms with Crippen molar-refractivity contribution in [3.63, 3.8) is 0 Å². The Bertz CT molecular complexity index is 1210. The second-order valence-electron chi connectivity index (χ2n) is 11.0. The maximum Gasteiger partial charge on any atom is 0.338 e. The molecule has 12 nitrogen and oxygen atoms in total. The van der Waals surface area contributed by atoms with Crippen LogP contribution in [0.3, 0.4) is 0 Å². The van der Waals surface area contributed by atoms with Crippen molar-refractivity contribution in [3.05, 3.63) is 35.4 Å². The SMILES string of the molecule is CCOC(=O)c1cc(N)c2c(c1)OCC(N1C3CCC1COC3)COc1cc(C(=O)OCC)cc(N)c1NCCCCN2. The lowest BCUT2D eigenvalue weighted by Crippen LogP contribution is -2.55. The molecule has 5 rings (SSSR count). The summed E-state index contributed by atoms with van der Waals surface area (Å²) in [5.74, 6) is 0.0485. The van der Waals surface area contributed by atoms with Gasteiger partial charge in [0.1, 0.15) is 36.1 Å². The summed E-state index contributed by atoms with van der Waals surface area (Å²) in [5.41, 5.74) is 15.6. The third kappa shape index (κ3) is 7.02. The standard InChI is InChI=1S/C31H43N5O7/c1-3-40-30(37)19-11-24(32)28-26(13-19)42-17-23(36-21-7-8-22(36)16-39-15-21)18-43-27-14-20(31(38)41-4-2)12-25(33)29(27)35-10-6-5-9-34-28/h11-14,21-23,34-35H,3-10,15-18,32-33H2,1-2H3. The van der Waals surface area contributed by atoms with Crippen molar-refractivity contribution < 1.29 is 33.3 Å². The predicted molar refractivity (Wildman–Crippen MR) is 164 cm³/mol. The fraction of sp³-hybridized carbons (Fsp3) is 0.548. The molecule has 0 radical (unpaired) electrons. The van der Waals surface area contributed by atoms with E-state index in [0.29, 0.717) is 71.7 Å². The van der Waals surface area contributed by atoms with E-state index in [-0.39, 0.29) is 44.6 Å². The summed E-state index contributed by atoms with van der Waals surface area (Å²) in [4.78, 5) is 27.6. The van der Waals surface area contributed by atoms with Crippen LogP contribution in [0.5, 0.6) is 11.5 Å². The topological polar surface area (TPSA) is 160 Å². The summed E-state index contributed by atoms with van der Waals surface area (Å²) in [6, 6.07) is 6.90. The molecule has 2 saturated heterocycles. The van der Waals surface area contributed by atoms with Crippen molar-refractivity contribution >= 4 is 34.7 Å². The van der Waals surface area contributed by atoms with Crippen LogP contribution in [-0.2, 0) is 14.2 Å².